The molecular formula is C7H12NO. The second kappa shape index (κ2) is 2.38. The van der Waals surface area contributed by atoms with Gasteiger partial charge < -0.3 is 5.32 Å². The van der Waals surface area contributed by atoms with Gasteiger partial charge in [0, 0.05) is 5.54 Å². The van der Waals surface area contributed by atoms with Gasteiger partial charge in [0.05, 0.1) is 0 Å². The number of rotatable bonds is 4. The lowest BCUT2D eigenvalue weighted by Gasteiger charge is -2.09. The van der Waals surface area contributed by atoms with Crippen molar-refractivity contribution in [1.82, 2.24) is 5.32 Å². The summed E-state index contributed by atoms with van der Waals surface area (Å²) in [7, 11) is 0. The zero-order valence-electron chi connectivity index (χ0n) is 5.74. The second-order valence-electron chi connectivity index (χ2n) is 2.76. The maximum atomic E-state index is 9.90. The van der Waals surface area contributed by atoms with Gasteiger partial charge in [0.2, 0.25) is 0 Å². The third kappa shape index (κ3) is 1.44. The number of hydrogen-bond acceptors (Lipinski definition) is 1. The smallest absolute Gasteiger partial charge is 0.309 e. The van der Waals surface area contributed by atoms with Crippen LogP contribution in [-0.2, 0) is 4.79 Å². The van der Waals surface area contributed by atoms with Crippen LogP contribution in [0, 0.1) is 0 Å². The van der Waals surface area contributed by atoms with Gasteiger partial charge in [-0.25, -0.2) is 0 Å². The lowest BCUT2D eigenvalue weighted by molar-refractivity contribution is 0.489. The standard InChI is InChI=1S/C7H12NO/c1-2-3-7(4-5-7)8-6-9/h2-5H2,1H3,(H,8,9). The molecule has 2 nitrogen and oxygen atoms in total. The lowest BCUT2D eigenvalue weighted by atomic mass is 10.1. The van der Waals surface area contributed by atoms with Crippen LogP contribution in [0.3, 0.4) is 0 Å². The van der Waals surface area contributed by atoms with Gasteiger partial charge in [-0.2, -0.15) is 0 Å². The Morgan fingerprint density at radius 3 is 2.67 bits per heavy atom. The fourth-order valence-corrected chi connectivity index (χ4v) is 1.18. The van der Waals surface area contributed by atoms with Crippen LogP contribution in [0.5, 0.6) is 0 Å². The minimum Gasteiger partial charge on any atom is -0.342 e. The topological polar surface area (TPSA) is 29.1 Å². The molecule has 1 aliphatic rings. The number of nitrogens with one attached hydrogen (secondary N) is 1. The van der Waals surface area contributed by atoms with Gasteiger partial charge >= 0.3 is 6.41 Å². The Morgan fingerprint density at radius 2 is 2.33 bits per heavy atom. The fourth-order valence-electron chi connectivity index (χ4n) is 1.18. The van der Waals surface area contributed by atoms with E-state index < -0.39 is 0 Å². The molecule has 0 aromatic carbocycles. The highest BCUT2D eigenvalue weighted by Gasteiger charge is 2.41. The predicted octanol–water partition coefficient (Wildman–Crippen LogP) is 0.976. The van der Waals surface area contributed by atoms with Crippen LogP contribution in [0.4, 0.5) is 0 Å². The van der Waals surface area contributed by atoms with Gasteiger partial charge in [0.25, 0.3) is 0 Å². The maximum absolute atomic E-state index is 9.90. The highest BCUT2D eigenvalue weighted by atomic mass is 16.1. The average molecular weight is 126 g/mol. The van der Waals surface area contributed by atoms with Crippen molar-refractivity contribution in [2.75, 3.05) is 0 Å². The molecule has 0 aliphatic heterocycles. The normalized spacial score (nSPS) is 21.0. The fraction of sp³-hybridized carbons (Fsp3) is 0.857. The molecule has 51 valence electrons. The van der Waals surface area contributed by atoms with Crippen molar-refractivity contribution >= 4 is 6.41 Å². The van der Waals surface area contributed by atoms with Gasteiger partial charge in [-0.05, 0) is 19.3 Å². The van der Waals surface area contributed by atoms with E-state index in [0.29, 0.717) is 0 Å². The molecule has 0 saturated heterocycles. The summed E-state index contributed by atoms with van der Waals surface area (Å²) < 4.78 is 0. The Hall–Kier alpha value is -0.530. The van der Waals surface area contributed by atoms with Crippen LogP contribution < -0.4 is 5.32 Å². The number of amides is 1. The van der Waals surface area contributed by atoms with Gasteiger partial charge in [0.15, 0.2) is 0 Å². The van der Waals surface area contributed by atoms with Gasteiger partial charge in [-0.1, -0.05) is 13.3 Å². The van der Waals surface area contributed by atoms with E-state index in [0.717, 1.165) is 25.7 Å². The third-order valence-electron chi connectivity index (χ3n) is 1.90. The monoisotopic (exact) mass is 126 g/mol. The molecule has 1 saturated carbocycles. The summed E-state index contributed by atoms with van der Waals surface area (Å²) in [6.45, 7) is 2.13. The predicted molar refractivity (Wildman–Crippen MR) is 35.7 cm³/mol. The van der Waals surface area contributed by atoms with Crippen molar-refractivity contribution in [2.24, 2.45) is 0 Å². The molecule has 0 unspecified atom stereocenters. The zero-order chi connectivity index (χ0) is 6.74. The van der Waals surface area contributed by atoms with Crippen LogP contribution in [0.1, 0.15) is 32.6 Å². The van der Waals surface area contributed by atoms with Crippen molar-refractivity contribution in [3.05, 3.63) is 0 Å². The molecule has 1 amide bonds. The highest BCUT2D eigenvalue weighted by Crippen LogP contribution is 2.38. The van der Waals surface area contributed by atoms with Crippen molar-refractivity contribution in [3.63, 3.8) is 0 Å². The molecule has 1 N–H and O–H groups in total. The molecule has 9 heavy (non-hydrogen) atoms. The van der Waals surface area contributed by atoms with Crippen molar-refractivity contribution in [2.45, 2.75) is 38.1 Å². The first-order valence-electron chi connectivity index (χ1n) is 3.47. The van der Waals surface area contributed by atoms with Crippen LogP contribution in [0.2, 0.25) is 0 Å². The molecule has 0 spiro atoms. The van der Waals surface area contributed by atoms with Crippen LogP contribution in [0.15, 0.2) is 0 Å². The minimum absolute atomic E-state index is 0.177. The maximum Gasteiger partial charge on any atom is 0.309 e. The van der Waals surface area contributed by atoms with Gasteiger partial charge in [0.1, 0.15) is 0 Å². The molecule has 2 heteroatoms. The van der Waals surface area contributed by atoms with Crippen molar-refractivity contribution < 1.29 is 4.79 Å². The van der Waals surface area contributed by atoms with E-state index >= 15 is 0 Å². The van der Waals surface area contributed by atoms with E-state index in [1.165, 1.54) is 0 Å². The summed E-state index contributed by atoms with van der Waals surface area (Å²) >= 11 is 0. The molecule has 1 aliphatic carbocycles. The van der Waals surface area contributed by atoms with E-state index in [1.807, 2.05) is 0 Å². The van der Waals surface area contributed by atoms with E-state index in [-0.39, 0.29) is 5.54 Å². The van der Waals surface area contributed by atoms with Crippen LogP contribution in [-0.4, -0.2) is 11.9 Å². The summed E-state index contributed by atoms with van der Waals surface area (Å²) in [4.78, 5) is 9.90. The average Bonchev–Trinajstić information content (AvgIpc) is 2.51. The summed E-state index contributed by atoms with van der Waals surface area (Å²) in [6, 6.07) is 0. The Bertz CT molecular complexity index is 107. The molecule has 1 fully saturated rings. The second-order valence-corrected chi connectivity index (χ2v) is 2.76. The van der Waals surface area contributed by atoms with Gasteiger partial charge in [-0.3, -0.25) is 4.79 Å². The number of carbonyl (C=O) groups excluding carboxylic acids is 1. The third-order valence-corrected chi connectivity index (χ3v) is 1.90. The SMILES string of the molecule is CCCC1(N[C]=O)CC1. The first-order chi connectivity index (χ1) is 4.33. The molecule has 0 bridgehead atoms. The summed E-state index contributed by atoms with van der Waals surface area (Å²) in [5, 5.41) is 2.73. The lowest BCUT2D eigenvalue weighted by Crippen LogP contribution is -2.29. The zero-order valence-corrected chi connectivity index (χ0v) is 5.74. The minimum atomic E-state index is 0.177. The Balaban J connectivity index is 2.24. The highest BCUT2D eigenvalue weighted by molar-refractivity contribution is 5.50. The van der Waals surface area contributed by atoms with Crippen molar-refractivity contribution in [1.29, 1.82) is 0 Å². The summed E-state index contributed by atoms with van der Waals surface area (Å²) in [5.41, 5.74) is 0.177. The van der Waals surface area contributed by atoms with E-state index in [4.69, 9.17) is 0 Å². The number of hydrogen-bond donors (Lipinski definition) is 1. The van der Waals surface area contributed by atoms with E-state index in [2.05, 4.69) is 12.2 Å². The quantitative estimate of drug-likeness (QED) is 0.559. The molecule has 0 aromatic rings. The summed E-state index contributed by atoms with van der Waals surface area (Å²) in [6.07, 6.45) is 6.31. The summed E-state index contributed by atoms with van der Waals surface area (Å²) in [5.74, 6) is 0. The molecule has 0 heterocycles. The molecule has 1 radical (unpaired) electrons. The molecule has 1 rings (SSSR count). The largest absolute Gasteiger partial charge is 0.342 e. The first-order valence-corrected chi connectivity index (χ1v) is 3.47. The molecule has 0 aromatic heterocycles. The van der Waals surface area contributed by atoms with Crippen LogP contribution >= 0.6 is 0 Å². The molecule has 0 atom stereocenters. The Labute approximate surface area is 55.6 Å². The van der Waals surface area contributed by atoms with E-state index in [9.17, 15) is 4.79 Å². The first kappa shape index (κ1) is 6.59. The van der Waals surface area contributed by atoms with Crippen molar-refractivity contribution in [3.8, 4) is 0 Å². The Morgan fingerprint density at radius 1 is 1.67 bits per heavy atom. The molecular weight excluding hydrogens is 114 g/mol. The van der Waals surface area contributed by atoms with Crippen LogP contribution in [0.25, 0.3) is 0 Å². The van der Waals surface area contributed by atoms with Gasteiger partial charge in [-0.15, -0.1) is 0 Å². The Kier molecular flexibility index (Phi) is 1.74. The van der Waals surface area contributed by atoms with E-state index in [1.54, 1.807) is 6.41 Å².